The molecule has 100 valence electrons. The van der Waals surface area contributed by atoms with Gasteiger partial charge in [-0.15, -0.1) is 0 Å². The van der Waals surface area contributed by atoms with Gasteiger partial charge in [0.15, 0.2) is 17.2 Å². The number of halogens is 1. The van der Waals surface area contributed by atoms with Crippen molar-refractivity contribution in [3.8, 4) is 11.4 Å². The summed E-state index contributed by atoms with van der Waals surface area (Å²) in [5.41, 5.74) is 3.54. The molecular weight excluding hydrogens is 272 g/mol. The summed E-state index contributed by atoms with van der Waals surface area (Å²) in [6, 6.07) is 9.83. The Morgan fingerprint density at radius 2 is 1.90 bits per heavy atom. The van der Waals surface area contributed by atoms with Crippen LogP contribution in [0.5, 0.6) is 0 Å². The van der Waals surface area contributed by atoms with Crippen LogP contribution < -0.4 is 0 Å². The topological polar surface area (TPSA) is 44.6 Å². The second-order valence-corrected chi connectivity index (χ2v) is 5.12. The van der Waals surface area contributed by atoms with Crippen molar-refractivity contribution in [3.63, 3.8) is 0 Å². The van der Waals surface area contributed by atoms with E-state index in [0.717, 1.165) is 22.2 Å². The molecule has 20 heavy (non-hydrogen) atoms. The van der Waals surface area contributed by atoms with Gasteiger partial charge in [-0.05, 0) is 0 Å². The first-order valence-electron chi connectivity index (χ1n) is 6.26. The first-order chi connectivity index (χ1) is 9.65. The summed E-state index contributed by atoms with van der Waals surface area (Å²) in [6.07, 6.45) is 3.89. The molecule has 0 aliphatic rings. The Balaban J connectivity index is 2.24. The minimum atomic E-state index is 0.437. The number of aromatic nitrogens is 3. The summed E-state index contributed by atoms with van der Waals surface area (Å²) >= 11 is 6.25. The number of H-pyrrole nitrogens is 1. The number of fused-ring (bicyclic) bond motifs is 1. The van der Waals surface area contributed by atoms with E-state index in [1.165, 1.54) is 0 Å². The molecule has 0 radical (unpaired) electrons. The molecule has 3 aromatic rings. The minimum Gasteiger partial charge on any atom is -0.357 e. The zero-order valence-corrected chi connectivity index (χ0v) is 12.0. The summed E-state index contributed by atoms with van der Waals surface area (Å²) < 4.78 is 1.97. The average Bonchev–Trinajstić information content (AvgIpc) is 2.83. The summed E-state index contributed by atoms with van der Waals surface area (Å²) in [5.74, 6) is 0.635. The van der Waals surface area contributed by atoms with E-state index in [1.54, 1.807) is 0 Å². The van der Waals surface area contributed by atoms with Gasteiger partial charge in [-0.25, -0.2) is 14.5 Å². The maximum atomic E-state index is 6.25. The SMILES string of the molecule is C[N+](C)=Cc1c[nH]c2c(Cl)nc(-c3ccccc3)nc12. The van der Waals surface area contributed by atoms with Crippen molar-refractivity contribution in [2.24, 2.45) is 0 Å². The number of nitrogens with one attached hydrogen (secondary N) is 1. The van der Waals surface area contributed by atoms with Gasteiger partial charge in [0.25, 0.3) is 0 Å². The van der Waals surface area contributed by atoms with Gasteiger partial charge in [-0.2, -0.15) is 0 Å². The Hall–Kier alpha value is -2.20. The fraction of sp³-hybridized carbons (Fsp3) is 0.133. The van der Waals surface area contributed by atoms with E-state index < -0.39 is 0 Å². The Labute approximate surface area is 121 Å². The second-order valence-electron chi connectivity index (χ2n) is 4.76. The van der Waals surface area contributed by atoms with Crippen LogP contribution in [0.3, 0.4) is 0 Å². The van der Waals surface area contributed by atoms with E-state index in [9.17, 15) is 0 Å². The van der Waals surface area contributed by atoms with Crippen molar-refractivity contribution in [2.75, 3.05) is 14.1 Å². The van der Waals surface area contributed by atoms with Crippen LogP contribution in [0.4, 0.5) is 0 Å². The lowest BCUT2D eigenvalue weighted by molar-refractivity contribution is -0.458. The molecular formula is C15H14ClN4+. The molecule has 1 N–H and O–H groups in total. The van der Waals surface area contributed by atoms with Gasteiger partial charge in [0.05, 0.1) is 5.56 Å². The third kappa shape index (κ3) is 2.30. The fourth-order valence-corrected chi connectivity index (χ4v) is 2.31. The quantitative estimate of drug-likeness (QED) is 0.447. The molecule has 0 bridgehead atoms. The Bertz CT molecular complexity index is 786. The normalized spacial score (nSPS) is 10.8. The van der Waals surface area contributed by atoms with Crippen LogP contribution >= 0.6 is 11.6 Å². The maximum Gasteiger partial charge on any atom is 0.173 e. The van der Waals surface area contributed by atoms with Gasteiger partial charge in [-0.1, -0.05) is 41.9 Å². The standard InChI is InChI=1S/C15H13ClN4/c1-20(2)9-11-8-17-13-12(11)18-15(19-14(13)16)10-6-4-3-5-7-10/h3-9H,1-2H3/p+1. The van der Waals surface area contributed by atoms with Gasteiger partial charge in [0.1, 0.15) is 25.1 Å². The zero-order chi connectivity index (χ0) is 14.1. The largest absolute Gasteiger partial charge is 0.357 e. The van der Waals surface area contributed by atoms with Crippen molar-refractivity contribution < 1.29 is 4.58 Å². The van der Waals surface area contributed by atoms with Gasteiger partial charge in [-0.3, -0.25) is 0 Å². The zero-order valence-electron chi connectivity index (χ0n) is 11.3. The van der Waals surface area contributed by atoms with E-state index in [4.69, 9.17) is 11.6 Å². The summed E-state index contributed by atoms with van der Waals surface area (Å²) in [7, 11) is 3.94. The first-order valence-corrected chi connectivity index (χ1v) is 6.64. The first kappa shape index (κ1) is 12.8. The number of hydrogen-bond acceptors (Lipinski definition) is 2. The molecule has 0 saturated heterocycles. The third-order valence-corrected chi connectivity index (χ3v) is 3.21. The van der Waals surface area contributed by atoms with Gasteiger partial charge in [0.2, 0.25) is 0 Å². The number of rotatable bonds is 2. The van der Waals surface area contributed by atoms with Crippen LogP contribution in [0.15, 0.2) is 36.5 Å². The number of hydrogen-bond donors (Lipinski definition) is 1. The second kappa shape index (κ2) is 5.06. The smallest absolute Gasteiger partial charge is 0.173 e. The van der Waals surface area contributed by atoms with Crippen LogP contribution in [0.2, 0.25) is 5.15 Å². The molecule has 0 saturated carbocycles. The van der Waals surface area contributed by atoms with E-state index >= 15 is 0 Å². The summed E-state index contributed by atoms with van der Waals surface area (Å²) in [4.78, 5) is 12.1. The monoisotopic (exact) mass is 285 g/mol. The molecule has 0 amide bonds. The van der Waals surface area contributed by atoms with Crippen LogP contribution in [-0.4, -0.2) is 39.8 Å². The van der Waals surface area contributed by atoms with E-state index in [1.807, 2.05) is 61.4 Å². The third-order valence-electron chi connectivity index (χ3n) is 2.94. The molecule has 0 aliphatic carbocycles. The van der Waals surface area contributed by atoms with E-state index in [0.29, 0.717) is 11.0 Å². The molecule has 0 fully saturated rings. The predicted octanol–water partition coefficient (Wildman–Crippen LogP) is 2.97. The average molecular weight is 286 g/mol. The van der Waals surface area contributed by atoms with Crippen LogP contribution in [0.25, 0.3) is 22.4 Å². The fourth-order valence-electron chi connectivity index (χ4n) is 2.08. The van der Waals surface area contributed by atoms with Crippen molar-refractivity contribution in [1.82, 2.24) is 15.0 Å². The lowest BCUT2D eigenvalue weighted by Gasteiger charge is -2.01. The molecule has 5 heteroatoms. The van der Waals surface area contributed by atoms with Gasteiger partial charge in [0, 0.05) is 11.8 Å². The van der Waals surface area contributed by atoms with Crippen molar-refractivity contribution in [1.29, 1.82) is 0 Å². The highest BCUT2D eigenvalue weighted by molar-refractivity contribution is 6.34. The van der Waals surface area contributed by atoms with Crippen molar-refractivity contribution in [2.45, 2.75) is 0 Å². The molecule has 0 aliphatic heterocycles. The highest BCUT2D eigenvalue weighted by Crippen LogP contribution is 2.25. The van der Waals surface area contributed by atoms with Crippen LogP contribution in [0.1, 0.15) is 5.56 Å². The Morgan fingerprint density at radius 3 is 2.60 bits per heavy atom. The summed E-state index contributed by atoms with van der Waals surface area (Å²) in [5, 5.41) is 0.437. The lowest BCUT2D eigenvalue weighted by atomic mass is 10.2. The van der Waals surface area contributed by atoms with Gasteiger partial charge >= 0.3 is 0 Å². The number of aromatic amines is 1. The van der Waals surface area contributed by atoms with E-state index in [-0.39, 0.29) is 0 Å². The summed E-state index contributed by atoms with van der Waals surface area (Å²) in [6.45, 7) is 0. The molecule has 0 atom stereocenters. The van der Waals surface area contributed by atoms with Crippen molar-refractivity contribution >= 4 is 28.8 Å². The molecule has 0 spiro atoms. The molecule has 1 aromatic carbocycles. The highest BCUT2D eigenvalue weighted by atomic mass is 35.5. The Kier molecular flexibility index (Phi) is 3.24. The predicted molar refractivity (Wildman–Crippen MR) is 81.6 cm³/mol. The molecule has 0 unspecified atom stereocenters. The van der Waals surface area contributed by atoms with Crippen LogP contribution in [-0.2, 0) is 0 Å². The minimum absolute atomic E-state index is 0.437. The molecule has 3 rings (SSSR count). The lowest BCUT2D eigenvalue weighted by Crippen LogP contribution is -2.00. The molecule has 2 aromatic heterocycles. The van der Waals surface area contributed by atoms with Crippen molar-refractivity contribution in [3.05, 3.63) is 47.2 Å². The van der Waals surface area contributed by atoms with Gasteiger partial charge < -0.3 is 4.98 Å². The maximum absolute atomic E-state index is 6.25. The van der Waals surface area contributed by atoms with E-state index in [2.05, 4.69) is 15.0 Å². The molecule has 2 heterocycles. The Morgan fingerprint density at radius 1 is 1.15 bits per heavy atom. The number of benzene rings is 1. The molecule has 4 nitrogen and oxygen atoms in total. The van der Waals surface area contributed by atoms with Crippen LogP contribution in [0, 0.1) is 0 Å². The highest BCUT2D eigenvalue weighted by Gasteiger charge is 2.13. The number of nitrogens with zero attached hydrogens (tertiary/aromatic N) is 3.